The maximum atomic E-state index is 12.8. The first kappa shape index (κ1) is 16.2. The molecule has 0 N–H and O–H groups in total. The summed E-state index contributed by atoms with van der Waals surface area (Å²) < 4.78 is 0. The second kappa shape index (κ2) is 6.95. The van der Waals surface area contributed by atoms with E-state index >= 15 is 0 Å². The Morgan fingerprint density at radius 2 is 1.84 bits per heavy atom. The number of piperidine rings is 1. The lowest BCUT2D eigenvalue weighted by atomic mass is 9.86. The van der Waals surface area contributed by atoms with E-state index in [-0.39, 0.29) is 11.8 Å². The smallest absolute Gasteiger partial charge is 0.225 e. The van der Waals surface area contributed by atoms with Crippen LogP contribution in [0.3, 0.4) is 0 Å². The SMILES string of the molecule is O=C1CCC(C(=O)N2CCC[C@H](c3cc4ccccc4cn3)C2)CC1. The van der Waals surface area contributed by atoms with Crippen molar-refractivity contribution in [2.75, 3.05) is 13.1 Å². The fourth-order valence-electron chi connectivity index (χ4n) is 4.19. The van der Waals surface area contributed by atoms with Gasteiger partial charge in [-0.1, -0.05) is 24.3 Å². The van der Waals surface area contributed by atoms with Gasteiger partial charge in [0.1, 0.15) is 5.78 Å². The monoisotopic (exact) mass is 336 g/mol. The molecule has 2 aliphatic rings. The molecule has 2 aromatic rings. The standard InChI is InChI=1S/C21H24N2O2/c24-19-9-7-15(8-10-19)21(25)23-11-3-6-18(14-23)20-12-16-4-1-2-5-17(16)13-22-20/h1-2,4-5,12-13,15,18H,3,6-11,14H2/t18-/m0/s1. The number of aromatic nitrogens is 1. The van der Waals surface area contributed by atoms with Gasteiger partial charge in [-0.15, -0.1) is 0 Å². The number of hydrogen-bond donors (Lipinski definition) is 0. The average Bonchev–Trinajstić information content (AvgIpc) is 2.68. The molecule has 1 atom stereocenters. The van der Waals surface area contributed by atoms with E-state index in [9.17, 15) is 9.59 Å². The molecule has 1 aliphatic carbocycles. The third-order valence-corrected chi connectivity index (χ3v) is 5.70. The van der Waals surface area contributed by atoms with Gasteiger partial charge in [0.2, 0.25) is 5.91 Å². The number of hydrogen-bond acceptors (Lipinski definition) is 3. The van der Waals surface area contributed by atoms with Gasteiger partial charge in [-0.25, -0.2) is 0 Å². The molecule has 2 fully saturated rings. The van der Waals surface area contributed by atoms with Crippen molar-refractivity contribution in [3.05, 3.63) is 42.2 Å². The predicted molar refractivity (Wildman–Crippen MR) is 97.3 cm³/mol. The zero-order valence-corrected chi connectivity index (χ0v) is 14.5. The average molecular weight is 336 g/mol. The van der Waals surface area contributed by atoms with Crippen molar-refractivity contribution >= 4 is 22.5 Å². The Hall–Kier alpha value is -2.23. The van der Waals surface area contributed by atoms with E-state index in [0.29, 0.717) is 24.5 Å². The van der Waals surface area contributed by atoms with Crippen molar-refractivity contribution in [1.82, 2.24) is 9.88 Å². The molecule has 1 aliphatic heterocycles. The summed E-state index contributed by atoms with van der Waals surface area (Å²) in [6.07, 6.45) is 6.65. The Morgan fingerprint density at radius 3 is 2.64 bits per heavy atom. The van der Waals surface area contributed by atoms with Crippen molar-refractivity contribution in [1.29, 1.82) is 0 Å². The van der Waals surface area contributed by atoms with Crippen LogP contribution < -0.4 is 0 Å². The number of likely N-dealkylation sites (tertiary alicyclic amines) is 1. The van der Waals surface area contributed by atoms with Gasteiger partial charge in [0.25, 0.3) is 0 Å². The van der Waals surface area contributed by atoms with Crippen LogP contribution in [0.15, 0.2) is 36.5 Å². The number of fused-ring (bicyclic) bond motifs is 1. The van der Waals surface area contributed by atoms with Crippen LogP contribution in [-0.2, 0) is 9.59 Å². The van der Waals surface area contributed by atoms with Gasteiger partial charge in [-0.05, 0) is 37.1 Å². The highest BCUT2D eigenvalue weighted by Gasteiger charge is 2.32. The largest absolute Gasteiger partial charge is 0.342 e. The van der Waals surface area contributed by atoms with Crippen LogP contribution in [0.2, 0.25) is 0 Å². The molecule has 1 aromatic carbocycles. The van der Waals surface area contributed by atoms with Crippen LogP contribution >= 0.6 is 0 Å². The van der Waals surface area contributed by atoms with Crippen molar-refractivity contribution in [2.24, 2.45) is 5.92 Å². The van der Waals surface area contributed by atoms with Gasteiger partial charge < -0.3 is 4.90 Å². The molecule has 4 rings (SSSR count). The van der Waals surface area contributed by atoms with E-state index in [4.69, 9.17) is 0 Å². The zero-order valence-electron chi connectivity index (χ0n) is 14.5. The maximum absolute atomic E-state index is 12.8. The number of rotatable bonds is 2. The number of carbonyl (C=O) groups excluding carboxylic acids is 2. The van der Waals surface area contributed by atoms with Gasteiger partial charge >= 0.3 is 0 Å². The van der Waals surface area contributed by atoms with E-state index < -0.39 is 0 Å². The summed E-state index contributed by atoms with van der Waals surface area (Å²) in [7, 11) is 0. The normalized spacial score (nSPS) is 22.3. The summed E-state index contributed by atoms with van der Waals surface area (Å²) in [6, 6.07) is 10.4. The molecule has 1 saturated carbocycles. The molecule has 0 bridgehead atoms. The molecule has 0 spiro atoms. The van der Waals surface area contributed by atoms with Gasteiger partial charge in [-0.2, -0.15) is 0 Å². The Bertz CT molecular complexity index is 791. The first-order valence-corrected chi connectivity index (χ1v) is 9.36. The Labute approximate surface area is 148 Å². The van der Waals surface area contributed by atoms with Crippen LogP contribution in [0, 0.1) is 5.92 Å². The van der Waals surface area contributed by atoms with E-state index in [2.05, 4.69) is 23.2 Å². The molecule has 0 unspecified atom stereocenters. The van der Waals surface area contributed by atoms with Crippen LogP contribution in [-0.4, -0.2) is 34.7 Å². The molecule has 4 nitrogen and oxygen atoms in total. The van der Waals surface area contributed by atoms with Crippen molar-refractivity contribution in [3.8, 4) is 0 Å². The molecular formula is C21H24N2O2. The minimum atomic E-state index is 0.0426. The van der Waals surface area contributed by atoms with Crippen LogP contribution in [0.25, 0.3) is 10.8 Å². The summed E-state index contributed by atoms with van der Waals surface area (Å²) in [6.45, 7) is 1.60. The van der Waals surface area contributed by atoms with Gasteiger partial charge in [0.15, 0.2) is 0 Å². The molecule has 1 aromatic heterocycles. The van der Waals surface area contributed by atoms with Crippen molar-refractivity contribution < 1.29 is 9.59 Å². The Morgan fingerprint density at radius 1 is 1.08 bits per heavy atom. The van der Waals surface area contributed by atoms with E-state index in [1.165, 1.54) is 5.39 Å². The summed E-state index contributed by atoms with van der Waals surface area (Å²) in [5.41, 5.74) is 1.09. The highest BCUT2D eigenvalue weighted by molar-refractivity contribution is 5.85. The van der Waals surface area contributed by atoms with Crippen LogP contribution in [0.1, 0.15) is 50.1 Å². The molecular weight excluding hydrogens is 312 g/mol. The fraction of sp³-hybridized carbons (Fsp3) is 0.476. The topological polar surface area (TPSA) is 50.3 Å². The Balaban J connectivity index is 1.48. The lowest BCUT2D eigenvalue weighted by Crippen LogP contribution is -2.43. The molecule has 1 amide bonds. The Kier molecular flexibility index (Phi) is 4.51. The molecule has 4 heteroatoms. The molecule has 130 valence electrons. The molecule has 1 saturated heterocycles. The molecule has 2 heterocycles. The summed E-state index contributed by atoms with van der Waals surface area (Å²) in [5, 5.41) is 2.36. The lowest BCUT2D eigenvalue weighted by Gasteiger charge is -2.35. The number of benzene rings is 1. The van der Waals surface area contributed by atoms with E-state index in [1.54, 1.807) is 0 Å². The summed E-state index contributed by atoms with van der Waals surface area (Å²) in [4.78, 5) is 30.9. The second-order valence-electron chi connectivity index (χ2n) is 7.39. The highest BCUT2D eigenvalue weighted by atomic mass is 16.2. The maximum Gasteiger partial charge on any atom is 0.225 e. The minimum Gasteiger partial charge on any atom is -0.342 e. The van der Waals surface area contributed by atoms with Crippen LogP contribution in [0.4, 0.5) is 0 Å². The minimum absolute atomic E-state index is 0.0426. The number of nitrogens with zero attached hydrogens (tertiary/aromatic N) is 2. The predicted octanol–water partition coefficient (Wildman–Crippen LogP) is 3.70. The second-order valence-corrected chi connectivity index (χ2v) is 7.39. The van der Waals surface area contributed by atoms with Gasteiger partial charge in [0, 0.05) is 55.0 Å². The fourth-order valence-corrected chi connectivity index (χ4v) is 4.19. The highest BCUT2D eigenvalue weighted by Crippen LogP contribution is 2.30. The lowest BCUT2D eigenvalue weighted by molar-refractivity contribution is -0.138. The van der Waals surface area contributed by atoms with Gasteiger partial charge in [-0.3, -0.25) is 14.6 Å². The number of Topliss-reactive ketones (excluding diaryl/α,β-unsaturated/α-hetero) is 1. The molecule has 25 heavy (non-hydrogen) atoms. The van der Waals surface area contributed by atoms with Crippen molar-refractivity contribution in [3.63, 3.8) is 0 Å². The zero-order chi connectivity index (χ0) is 17.2. The third-order valence-electron chi connectivity index (χ3n) is 5.70. The first-order valence-electron chi connectivity index (χ1n) is 9.36. The molecule has 0 radical (unpaired) electrons. The number of pyridine rings is 1. The van der Waals surface area contributed by atoms with Crippen LogP contribution in [0.5, 0.6) is 0 Å². The quantitative estimate of drug-likeness (QED) is 0.840. The third kappa shape index (κ3) is 3.44. The number of amides is 1. The van der Waals surface area contributed by atoms with E-state index in [1.807, 2.05) is 23.2 Å². The van der Waals surface area contributed by atoms with E-state index in [0.717, 1.165) is 49.9 Å². The number of carbonyl (C=O) groups is 2. The summed E-state index contributed by atoms with van der Waals surface area (Å²) >= 11 is 0. The number of ketones is 1. The first-order chi connectivity index (χ1) is 12.2. The van der Waals surface area contributed by atoms with Crippen molar-refractivity contribution in [2.45, 2.75) is 44.4 Å². The summed E-state index contributed by atoms with van der Waals surface area (Å²) in [5.74, 6) is 0.910. The van der Waals surface area contributed by atoms with Gasteiger partial charge in [0.05, 0.1) is 0 Å².